The molecule has 0 bridgehead atoms. The first-order chi connectivity index (χ1) is 47.3. The molecule has 0 saturated carbocycles. The number of aromatic nitrogens is 13. The van der Waals surface area contributed by atoms with Gasteiger partial charge < -0.3 is 40.9 Å². The molecule has 0 aromatic carbocycles. The number of hydrogen-bond acceptors (Lipinski definition) is 22. The van der Waals surface area contributed by atoms with Crippen molar-refractivity contribution in [1.82, 2.24) is 81.1 Å². The Morgan fingerprint density at radius 1 is 0.545 bits per heavy atom. The Hall–Kier alpha value is -9.53. The minimum Gasteiger partial charge on any atom is -0.361 e. The minimum atomic E-state index is -4.67. The lowest BCUT2D eigenvalue weighted by molar-refractivity contribution is -0.139. The third-order valence-corrected chi connectivity index (χ3v) is 18.3. The monoisotopic (exact) mass is 1390 g/mol. The van der Waals surface area contributed by atoms with Crippen LogP contribution in [-0.4, -0.2) is 123 Å². The Morgan fingerprint density at radius 2 is 1.04 bits per heavy atom. The first-order valence-corrected chi connectivity index (χ1v) is 32.9. The summed E-state index contributed by atoms with van der Waals surface area (Å²) in [7, 11) is 0. The van der Waals surface area contributed by atoms with Gasteiger partial charge in [-0.2, -0.15) is 44.5 Å². The molecule has 0 amide bonds. The van der Waals surface area contributed by atoms with Crippen LogP contribution in [0.4, 0.5) is 61.7 Å². The maximum Gasteiger partial charge on any atom is 0.419 e. The first kappa shape index (κ1) is 68.0. The van der Waals surface area contributed by atoms with Crippen LogP contribution in [0.1, 0.15) is 131 Å². The molecule has 516 valence electrons. The van der Waals surface area contributed by atoms with Crippen molar-refractivity contribution in [1.29, 1.82) is 0 Å². The molecular weight excluding hydrogens is 1320 g/mol. The highest BCUT2D eigenvalue weighted by atomic mass is 32.1. The van der Waals surface area contributed by atoms with Crippen LogP contribution in [0.5, 0.6) is 0 Å². The van der Waals surface area contributed by atoms with Gasteiger partial charge in [-0.3, -0.25) is 0 Å². The van der Waals surface area contributed by atoms with E-state index in [9.17, 15) is 39.5 Å². The molecule has 3 aliphatic carbocycles. The normalized spacial score (nSPS) is 18.7. The van der Waals surface area contributed by atoms with E-state index in [0.717, 1.165) is 81.0 Å². The number of piperidine rings is 3. The van der Waals surface area contributed by atoms with Crippen molar-refractivity contribution >= 4 is 45.9 Å². The van der Waals surface area contributed by atoms with Gasteiger partial charge in [0, 0.05) is 127 Å². The van der Waals surface area contributed by atoms with Gasteiger partial charge in [0.15, 0.2) is 5.82 Å². The fourth-order valence-corrected chi connectivity index (χ4v) is 13.5. The number of nitrogens with zero attached hydrogens (tertiary/aromatic N) is 13. The standard InChI is InChI=1S/C23H22F4N6O.C23H23F3N6S.C21H20F3N7O/c1-11-19(12(2)34-33-11)21-17(24)8-15-14(5-6-18(15)31-21)20-16(23(25,26)27)10-29-22(32-20)30-13-4-3-7-28-9-13;1-22(2)9-13(10-27-12-22)30-21-29-11-16(23(24,25)26)19(32-21)15-4-5-17-14(15)3-6-18(31-17)20-28-7-8-33-20;1-11-27-19(32-31-11)17-7-4-13-14(5-6-16(13)29-17)18-15(21(22,23)24)10-26-20(30-18)28-12-3-2-8-25-9-12/h5,8,10,13,28H,3-4,6-7,9H2,1-2H3,(H,29,30,32);3-4,6-8,11,13,27H,5,9-10,12H2,1-2H3,(H,29,30,32);4-5,7,10,12,25H,2-3,6,8-9H2,1H3,(H,26,28,30)/t2*13-;12-/m000/s1. The summed E-state index contributed by atoms with van der Waals surface area (Å²) < 4.78 is 150. The summed E-state index contributed by atoms with van der Waals surface area (Å²) in [5, 5.41) is 29.6. The summed E-state index contributed by atoms with van der Waals surface area (Å²) >= 11 is 1.47. The number of rotatable bonds is 12. The molecule has 21 nitrogen and oxygen atoms in total. The fourth-order valence-electron chi connectivity index (χ4n) is 12.9. The van der Waals surface area contributed by atoms with Gasteiger partial charge >= 0.3 is 18.5 Å². The van der Waals surface area contributed by atoms with Crippen LogP contribution >= 0.6 is 11.3 Å². The molecule has 0 unspecified atom stereocenters. The topological polar surface area (TPSA) is 266 Å². The molecule has 99 heavy (non-hydrogen) atoms. The highest BCUT2D eigenvalue weighted by molar-refractivity contribution is 7.13. The average molecular weight is 1390 g/mol. The molecule has 32 heteroatoms. The van der Waals surface area contributed by atoms with Gasteiger partial charge in [-0.05, 0) is 89.6 Å². The molecule has 12 heterocycles. The highest BCUT2D eigenvalue weighted by Gasteiger charge is 2.41. The van der Waals surface area contributed by atoms with E-state index in [1.807, 2.05) is 5.38 Å². The number of alkyl halides is 9. The van der Waals surface area contributed by atoms with E-state index < -0.39 is 41.0 Å². The number of thiazole rings is 1. The third-order valence-electron chi connectivity index (χ3n) is 17.5. The van der Waals surface area contributed by atoms with Crippen molar-refractivity contribution in [3.05, 3.63) is 169 Å². The Morgan fingerprint density at radius 3 is 1.49 bits per heavy atom. The quantitative estimate of drug-likeness (QED) is 0.0621. The van der Waals surface area contributed by atoms with Gasteiger partial charge in [0.2, 0.25) is 17.8 Å². The van der Waals surface area contributed by atoms with Crippen molar-refractivity contribution in [3.63, 3.8) is 0 Å². The number of allylic oxidation sites excluding steroid dienone is 3. The van der Waals surface area contributed by atoms with Gasteiger partial charge in [-0.25, -0.2) is 54.2 Å². The van der Waals surface area contributed by atoms with E-state index in [0.29, 0.717) is 100 Å². The lowest BCUT2D eigenvalue weighted by Gasteiger charge is -2.36. The Balaban J connectivity index is 0.000000133. The summed E-state index contributed by atoms with van der Waals surface area (Å²) in [5.41, 5.74) is 3.36. The zero-order chi connectivity index (χ0) is 69.5. The number of nitrogens with one attached hydrogen (secondary N) is 6. The lowest BCUT2D eigenvalue weighted by Crippen LogP contribution is -2.47. The number of halogens is 10. The summed E-state index contributed by atoms with van der Waals surface area (Å²) in [6.07, 6.45) is 1.07. The van der Waals surface area contributed by atoms with Crippen LogP contribution < -0.4 is 31.9 Å². The third kappa shape index (κ3) is 15.1. The SMILES string of the molecule is CC1(C)CNC[C@@H](Nc2ncc(C(F)(F)F)c(C3=CCc4nc(-c5nccs5)ccc43)n2)C1.Cc1noc(-c2ccc3c(n2)CC=C3c2nc(N[C@H]3CCCNC3)ncc2C(F)(F)F)n1.Cc1noc(C)c1-c1nc2c(cc1F)C(c1nc(N[C@H]3CCCNC3)ncc1C(F)(F)F)=CC2. The molecule has 6 aliphatic rings. The number of pyridine rings is 3. The van der Waals surface area contributed by atoms with E-state index in [2.05, 4.69) is 111 Å². The predicted octanol–water partition coefficient (Wildman–Crippen LogP) is 12.7. The second-order valence-corrected chi connectivity index (χ2v) is 26.3. The van der Waals surface area contributed by atoms with Crippen LogP contribution in [0.15, 0.2) is 87.8 Å². The second kappa shape index (κ2) is 27.6. The molecule has 6 N–H and O–H groups in total. The van der Waals surface area contributed by atoms with Crippen molar-refractivity contribution in [2.45, 2.75) is 123 Å². The largest absolute Gasteiger partial charge is 0.419 e. The molecule has 0 spiro atoms. The molecule has 3 fully saturated rings. The average Bonchev–Trinajstić information content (AvgIpc) is 1.69. The minimum absolute atomic E-state index is 0.0138. The Bertz CT molecular complexity index is 4550. The van der Waals surface area contributed by atoms with Crippen molar-refractivity contribution in [2.24, 2.45) is 5.41 Å². The summed E-state index contributed by atoms with van der Waals surface area (Å²) in [4.78, 5) is 46.8. The number of aryl methyl sites for hydroxylation is 3. The van der Waals surface area contributed by atoms with E-state index in [-0.39, 0.29) is 87.6 Å². The summed E-state index contributed by atoms with van der Waals surface area (Å²) in [6.45, 7) is 14.1. The molecular formula is C67H65F10N19O2S. The number of fused-ring (bicyclic) bond motifs is 3. The Kier molecular flexibility index (Phi) is 19.0. The van der Waals surface area contributed by atoms with Crippen LogP contribution in [-0.2, 0) is 37.8 Å². The van der Waals surface area contributed by atoms with Gasteiger partial charge in [0.25, 0.3) is 5.89 Å². The van der Waals surface area contributed by atoms with Crippen molar-refractivity contribution in [2.75, 3.05) is 55.2 Å². The first-order valence-electron chi connectivity index (χ1n) is 32.0. The number of anilines is 3. The van der Waals surface area contributed by atoms with Crippen LogP contribution in [0.3, 0.4) is 0 Å². The predicted molar refractivity (Wildman–Crippen MR) is 348 cm³/mol. The van der Waals surface area contributed by atoms with Gasteiger partial charge in [0.1, 0.15) is 44.7 Å². The maximum atomic E-state index is 15.1. The Labute approximate surface area is 563 Å². The zero-order valence-corrected chi connectivity index (χ0v) is 54.8. The molecule has 3 aliphatic heterocycles. The number of hydrogen-bond donors (Lipinski definition) is 6. The molecule has 9 aromatic heterocycles. The lowest BCUT2D eigenvalue weighted by atomic mass is 9.83. The van der Waals surface area contributed by atoms with Crippen LogP contribution in [0.25, 0.3) is 50.3 Å². The van der Waals surface area contributed by atoms with E-state index >= 15 is 4.39 Å². The van der Waals surface area contributed by atoms with Crippen molar-refractivity contribution < 1.29 is 53.0 Å². The molecule has 3 atom stereocenters. The van der Waals surface area contributed by atoms with Gasteiger partial charge in [0.05, 0.1) is 51.1 Å². The summed E-state index contributed by atoms with van der Waals surface area (Å²) in [6, 6.07) is 8.30. The molecule has 3 saturated heterocycles. The second-order valence-electron chi connectivity index (χ2n) is 25.4. The maximum absolute atomic E-state index is 15.1. The van der Waals surface area contributed by atoms with Crippen LogP contribution in [0, 0.1) is 32.0 Å². The molecule has 9 aromatic rings. The molecule has 15 rings (SSSR count). The van der Waals surface area contributed by atoms with E-state index in [1.165, 1.54) is 17.4 Å². The van der Waals surface area contributed by atoms with Crippen LogP contribution in [0.2, 0.25) is 0 Å². The van der Waals surface area contributed by atoms with Gasteiger partial charge in [-0.15, -0.1) is 11.3 Å². The van der Waals surface area contributed by atoms with Crippen molar-refractivity contribution in [3.8, 4) is 33.5 Å². The van der Waals surface area contributed by atoms with E-state index in [1.54, 1.807) is 69.5 Å². The van der Waals surface area contributed by atoms with Gasteiger partial charge in [-0.1, -0.05) is 54.5 Å². The molecule has 0 radical (unpaired) electrons. The van der Waals surface area contributed by atoms with E-state index in [4.69, 9.17) is 9.05 Å². The smallest absolute Gasteiger partial charge is 0.361 e. The summed E-state index contributed by atoms with van der Waals surface area (Å²) in [5.74, 6) is 0.973. The fraction of sp³-hybridized carbons (Fsp3) is 0.388. The highest BCUT2D eigenvalue weighted by Crippen LogP contribution is 2.44. The zero-order valence-electron chi connectivity index (χ0n) is 54.0.